The van der Waals surface area contributed by atoms with Gasteiger partial charge in [0.05, 0.1) is 31.6 Å². The number of hydrogen-bond donors (Lipinski definition) is 2. The molecule has 8 nitrogen and oxygen atoms in total. The van der Waals surface area contributed by atoms with Gasteiger partial charge in [0.2, 0.25) is 0 Å². The quantitative estimate of drug-likeness (QED) is 0.270. The number of H-pyrrole nitrogens is 1. The molecular formula is C22H18ClN5O3. The lowest BCUT2D eigenvalue weighted by Crippen LogP contribution is -2.18. The zero-order chi connectivity index (χ0) is 21.8. The number of carbonyl (C=O) groups is 1. The summed E-state index contributed by atoms with van der Waals surface area (Å²) in [4.78, 5) is 16.7. The molecule has 156 valence electrons. The number of benzene rings is 2. The van der Waals surface area contributed by atoms with Gasteiger partial charge in [-0.2, -0.15) is 10.2 Å². The average Bonchev–Trinajstić information content (AvgIpc) is 3.29. The Hall–Kier alpha value is -3.91. The summed E-state index contributed by atoms with van der Waals surface area (Å²) in [6.45, 7) is 0. The predicted octanol–water partition coefficient (Wildman–Crippen LogP) is 4.06. The number of aromatic nitrogens is 3. The van der Waals surface area contributed by atoms with Crippen LogP contribution in [0.4, 0.5) is 0 Å². The molecule has 0 bridgehead atoms. The molecule has 0 fully saturated rings. The van der Waals surface area contributed by atoms with E-state index in [-0.39, 0.29) is 10.8 Å². The van der Waals surface area contributed by atoms with Crippen molar-refractivity contribution >= 4 is 34.6 Å². The highest BCUT2D eigenvalue weighted by Gasteiger charge is 2.11. The van der Waals surface area contributed by atoms with Gasteiger partial charge in [0.25, 0.3) is 5.91 Å². The Morgan fingerprint density at radius 3 is 2.55 bits per heavy atom. The molecule has 0 aliphatic rings. The number of aromatic amines is 1. The summed E-state index contributed by atoms with van der Waals surface area (Å²) < 4.78 is 10.4. The second-order valence-corrected chi connectivity index (χ2v) is 6.88. The fourth-order valence-electron chi connectivity index (χ4n) is 2.93. The minimum atomic E-state index is -0.435. The minimum Gasteiger partial charge on any atom is -0.497 e. The number of methoxy groups -OCH3 is 2. The lowest BCUT2D eigenvalue weighted by molar-refractivity contribution is 0.0950. The van der Waals surface area contributed by atoms with Crippen LogP contribution in [0.5, 0.6) is 11.5 Å². The maximum absolute atomic E-state index is 12.4. The van der Waals surface area contributed by atoms with Crippen LogP contribution in [0.15, 0.2) is 59.7 Å². The number of rotatable bonds is 6. The van der Waals surface area contributed by atoms with Crippen molar-refractivity contribution in [2.24, 2.45) is 5.10 Å². The summed E-state index contributed by atoms with van der Waals surface area (Å²) >= 11 is 6.23. The molecule has 31 heavy (non-hydrogen) atoms. The summed E-state index contributed by atoms with van der Waals surface area (Å²) in [5.74, 6) is 1.02. The highest BCUT2D eigenvalue weighted by Crippen LogP contribution is 2.24. The SMILES string of the molecule is COc1ccc(-c2cc(C(=O)N/N=C/c3cc4cc(OC)ccc4nc3Cl)[nH]n2)cc1. The van der Waals surface area contributed by atoms with Gasteiger partial charge in [0, 0.05) is 16.5 Å². The number of pyridine rings is 1. The van der Waals surface area contributed by atoms with Crippen LogP contribution < -0.4 is 14.9 Å². The molecule has 0 atom stereocenters. The van der Waals surface area contributed by atoms with Crippen LogP contribution >= 0.6 is 11.6 Å². The molecule has 2 heterocycles. The summed E-state index contributed by atoms with van der Waals surface area (Å²) in [6.07, 6.45) is 1.44. The van der Waals surface area contributed by atoms with Crippen LogP contribution in [0.25, 0.3) is 22.2 Å². The van der Waals surface area contributed by atoms with Gasteiger partial charge in [0.1, 0.15) is 22.3 Å². The third kappa shape index (κ3) is 4.49. The fraction of sp³-hybridized carbons (Fsp3) is 0.0909. The van der Waals surface area contributed by atoms with Crippen molar-refractivity contribution in [2.45, 2.75) is 0 Å². The van der Waals surface area contributed by atoms with E-state index in [4.69, 9.17) is 21.1 Å². The van der Waals surface area contributed by atoms with Crippen LogP contribution in [0.1, 0.15) is 16.1 Å². The van der Waals surface area contributed by atoms with Crippen molar-refractivity contribution in [3.63, 3.8) is 0 Å². The minimum absolute atomic E-state index is 0.274. The van der Waals surface area contributed by atoms with E-state index < -0.39 is 5.91 Å². The standard InChI is InChI=1S/C22H18ClN5O3/c1-30-16-5-3-13(4-6-16)19-11-20(27-26-19)22(29)28-24-12-15-9-14-10-17(31-2)7-8-18(14)25-21(15)23/h3-12H,1-2H3,(H,26,27)(H,28,29)/b24-12+. The van der Waals surface area contributed by atoms with Crippen LogP contribution in [0.2, 0.25) is 5.15 Å². The molecule has 0 aliphatic heterocycles. The number of fused-ring (bicyclic) bond motifs is 1. The van der Waals surface area contributed by atoms with Crippen molar-refractivity contribution in [3.05, 3.63) is 71.0 Å². The number of halogens is 1. The van der Waals surface area contributed by atoms with E-state index in [1.807, 2.05) is 48.5 Å². The number of nitrogens with zero attached hydrogens (tertiary/aromatic N) is 3. The Morgan fingerprint density at radius 2 is 1.81 bits per heavy atom. The number of hydrogen-bond acceptors (Lipinski definition) is 6. The van der Waals surface area contributed by atoms with Gasteiger partial charge in [-0.05, 0) is 54.6 Å². The zero-order valence-electron chi connectivity index (χ0n) is 16.7. The van der Waals surface area contributed by atoms with E-state index in [1.54, 1.807) is 20.3 Å². The number of amides is 1. The molecule has 0 spiro atoms. The smallest absolute Gasteiger partial charge is 0.289 e. The number of carbonyl (C=O) groups excluding carboxylic acids is 1. The summed E-state index contributed by atoms with van der Waals surface area (Å²) in [5, 5.41) is 12.0. The van der Waals surface area contributed by atoms with E-state index in [9.17, 15) is 4.79 Å². The van der Waals surface area contributed by atoms with E-state index >= 15 is 0 Å². The van der Waals surface area contributed by atoms with Crippen molar-refractivity contribution in [1.82, 2.24) is 20.6 Å². The van der Waals surface area contributed by atoms with Crippen molar-refractivity contribution in [1.29, 1.82) is 0 Å². The molecule has 0 radical (unpaired) electrons. The molecule has 0 saturated carbocycles. The molecule has 0 unspecified atom stereocenters. The van der Waals surface area contributed by atoms with Crippen molar-refractivity contribution in [2.75, 3.05) is 14.2 Å². The topological polar surface area (TPSA) is 101 Å². The highest BCUT2D eigenvalue weighted by atomic mass is 35.5. The maximum atomic E-state index is 12.4. The van der Waals surface area contributed by atoms with Crippen molar-refractivity contribution < 1.29 is 14.3 Å². The highest BCUT2D eigenvalue weighted by molar-refractivity contribution is 6.32. The van der Waals surface area contributed by atoms with Crippen LogP contribution in [-0.2, 0) is 0 Å². The zero-order valence-corrected chi connectivity index (χ0v) is 17.5. The molecular weight excluding hydrogens is 418 g/mol. The second-order valence-electron chi connectivity index (χ2n) is 6.52. The molecule has 2 N–H and O–H groups in total. The fourth-order valence-corrected chi connectivity index (χ4v) is 3.13. The molecule has 0 saturated heterocycles. The second kappa shape index (κ2) is 8.85. The van der Waals surface area contributed by atoms with Gasteiger partial charge < -0.3 is 9.47 Å². The van der Waals surface area contributed by atoms with E-state index in [1.165, 1.54) is 6.21 Å². The molecule has 4 rings (SSSR count). The van der Waals surface area contributed by atoms with E-state index in [0.29, 0.717) is 17.0 Å². The lowest BCUT2D eigenvalue weighted by Gasteiger charge is -2.04. The lowest BCUT2D eigenvalue weighted by atomic mass is 10.1. The molecule has 2 aromatic heterocycles. The van der Waals surface area contributed by atoms with Crippen LogP contribution in [0, 0.1) is 0 Å². The number of nitrogens with one attached hydrogen (secondary N) is 2. The molecule has 9 heteroatoms. The predicted molar refractivity (Wildman–Crippen MR) is 119 cm³/mol. The molecule has 1 amide bonds. The Morgan fingerprint density at radius 1 is 1.06 bits per heavy atom. The van der Waals surface area contributed by atoms with Crippen molar-refractivity contribution in [3.8, 4) is 22.8 Å². The monoisotopic (exact) mass is 435 g/mol. The normalized spacial score (nSPS) is 11.1. The third-order valence-electron chi connectivity index (χ3n) is 4.58. The Balaban J connectivity index is 1.47. The largest absolute Gasteiger partial charge is 0.497 e. The van der Waals surface area contributed by atoms with Gasteiger partial charge in [-0.3, -0.25) is 9.89 Å². The Kier molecular flexibility index (Phi) is 5.81. The summed E-state index contributed by atoms with van der Waals surface area (Å²) in [5.41, 5.74) is 5.51. The summed E-state index contributed by atoms with van der Waals surface area (Å²) in [6, 6.07) is 16.3. The van der Waals surface area contributed by atoms with E-state index in [0.717, 1.165) is 22.2 Å². The van der Waals surface area contributed by atoms with Gasteiger partial charge in [-0.15, -0.1) is 0 Å². The maximum Gasteiger partial charge on any atom is 0.289 e. The van der Waals surface area contributed by atoms with Crippen LogP contribution in [-0.4, -0.2) is 41.5 Å². The van der Waals surface area contributed by atoms with Gasteiger partial charge >= 0.3 is 0 Å². The first kappa shape index (κ1) is 20.4. The van der Waals surface area contributed by atoms with Gasteiger partial charge in [-0.1, -0.05) is 11.6 Å². The Labute approximate surface area is 182 Å². The Bertz CT molecular complexity index is 1270. The molecule has 2 aromatic carbocycles. The third-order valence-corrected chi connectivity index (χ3v) is 4.88. The number of ether oxygens (including phenoxy) is 2. The van der Waals surface area contributed by atoms with Gasteiger partial charge in [-0.25, -0.2) is 10.4 Å². The molecule has 0 aliphatic carbocycles. The van der Waals surface area contributed by atoms with E-state index in [2.05, 4.69) is 25.7 Å². The summed E-state index contributed by atoms with van der Waals surface area (Å²) in [7, 11) is 3.20. The average molecular weight is 436 g/mol. The van der Waals surface area contributed by atoms with Crippen LogP contribution in [0.3, 0.4) is 0 Å². The first-order valence-electron chi connectivity index (χ1n) is 9.25. The van der Waals surface area contributed by atoms with Gasteiger partial charge in [0.15, 0.2) is 0 Å². The first-order valence-corrected chi connectivity index (χ1v) is 9.62. The number of hydrazone groups is 1. The molecule has 4 aromatic rings. The first-order chi connectivity index (χ1) is 15.1.